The van der Waals surface area contributed by atoms with E-state index < -0.39 is 0 Å². The second-order valence-electron chi connectivity index (χ2n) is 4.40. The fourth-order valence-electron chi connectivity index (χ4n) is 1.85. The Labute approximate surface area is 84.7 Å². The first-order valence-corrected chi connectivity index (χ1v) is 5.30. The molecule has 1 fully saturated rings. The summed E-state index contributed by atoms with van der Waals surface area (Å²) < 4.78 is 2.17. The molecule has 1 aromatic heterocycles. The molecular weight excluding hydrogens is 176 g/mol. The van der Waals surface area contributed by atoms with E-state index in [1.807, 2.05) is 6.33 Å². The van der Waals surface area contributed by atoms with E-state index in [0.717, 1.165) is 24.8 Å². The highest BCUT2D eigenvalue weighted by Gasteiger charge is 2.28. The zero-order valence-corrected chi connectivity index (χ0v) is 9.07. The van der Waals surface area contributed by atoms with Crippen molar-refractivity contribution in [1.29, 1.82) is 0 Å². The minimum atomic E-state index is 0.454. The summed E-state index contributed by atoms with van der Waals surface area (Å²) in [6, 6.07) is 0.454. The number of hydrogen-bond donors (Lipinski definition) is 1. The Morgan fingerprint density at radius 2 is 2.14 bits per heavy atom. The molecule has 4 nitrogen and oxygen atoms in total. The predicted octanol–water partition coefficient (Wildman–Crippen LogP) is 1.18. The Hall–Kier alpha value is -0.900. The third kappa shape index (κ3) is 1.54. The van der Waals surface area contributed by atoms with Crippen LogP contribution in [0.4, 0.5) is 0 Å². The first-order chi connectivity index (χ1) is 6.70. The van der Waals surface area contributed by atoms with Gasteiger partial charge in [-0.2, -0.15) is 0 Å². The SMILES string of the molecule is CC(c1nncn1C(C)C)C1CNC1. The van der Waals surface area contributed by atoms with Crippen molar-refractivity contribution in [3.05, 3.63) is 12.2 Å². The standard InChI is InChI=1S/C10H18N4/c1-7(2)14-6-12-13-10(14)8(3)9-4-11-5-9/h6-9,11H,4-5H2,1-3H3. The lowest BCUT2D eigenvalue weighted by Crippen LogP contribution is -2.45. The summed E-state index contributed by atoms with van der Waals surface area (Å²) in [6.45, 7) is 8.81. The van der Waals surface area contributed by atoms with Gasteiger partial charge in [-0.25, -0.2) is 0 Å². The largest absolute Gasteiger partial charge is 0.316 e. The first-order valence-electron chi connectivity index (χ1n) is 5.30. The van der Waals surface area contributed by atoms with Crippen molar-refractivity contribution in [1.82, 2.24) is 20.1 Å². The summed E-state index contributed by atoms with van der Waals surface area (Å²) in [4.78, 5) is 0. The monoisotopic (exact) mass is 194 g/mol. The van der Waals surface area contributed by atoms with Gasteiger partial charge in [0, 0.05) is 12.0 Å². The number of rotatable bonds is 3. The van der Waals surface area contributed by atoms with Crippen LogP contribution in [-0.2, 0) is 0 Å². The van der Waals surface area contributed by atoms with Crippen molar-refractivity contribution in [2.45, 2.75) is 32.7 Å². The highest BCUT2D eigenvalue weighted by molar-refractivity contribution is 5.01. The van der Waals surface area contributed by atoms with E-state index in [1.54, 1.807) is 0 Å². The van der Waals surface area contributed by atoms with Crippen LogP contribution in [0.2, 0.25) is 0 Å². The Kier molecular flexibility index (Phi) is 2.54. The maximum Gasteiger partial charge on any atom is 0.136 e. The number of hydrogen-bond acceptors (Lipinski definition) is 3. The van der Waals surface area contributed by atoms with E-state index in [2.05, 4.69) is 40.9 Å². The minimum absolute atomic E-state index is 0.454. The van der Waals surface area contributed by atoms with Crippen molar-refractivity contribution >= 4 is 0 Å². The zero-order chi connectivity index (χ0) is 10.1. The van der Waals surface area contributed by atoms with Crippen LogP contribution in [0, 0.1) is 5.92 Å². The molecule has 1 aliphatic heterocycles. The molecular formula is C10H18N4. The normalized spacial score (nSPS) is 19.7. The molecule has 1 atom stereocenters. The van der Waals surface area contributed by atoms with Crippen molar-refractivity contribution in [3.8, 4) is 0 Å². The smallest absolute Gasteiger partial charge is 0.136 e. The second kappa shape index (κ2) is 3.69. The molecule has 0 aromatic carbocycles. The molecule has 2 heterocycles. The van der Waals surface area contributed by atoms with Gasteiger partial charge in [0.15, 0.2) is 0 Å². The van der Waals surface area contributed by atoms with Crippen molar-refractivity contribution in [2.24, 2.45) is 5.92 Å². The van der Waals surface area contributed by atoms with E-state index in [9.17, 15) is 0 Å². The average Bonchev–Trinajstić information content (AvgIpc) is 2.47. The zero-order valence-electron chi connectivity index (χ0n) is 9.07. The van der Waals surface area contributed by atoms with Gasteiger partial charge in [0.2, 0.25) is 0 Å². The highest BCUT2D eigenvalue weighted by atomic mass is 15.3. The molecule has 2 rings (SSSR count). The van der Waals surface area contributed by atoms with Gasteiger partial charge in [-0.1, -0.05) is 6.92 Å². The van der Waals surface area contributed by atoms with Crippen LogP contribution in [0.15, 0.2) is 6.33 Å². The number of aromatic nitrogens is 3. The Bertz CT molecular complexity index is 301. The lowest BCUT2D eigenvalue weighted by molar-refractivity contribution is 0.288. The van der Waals surface area contributed by atoms with E-state index in [4.69, 9.17) is 0 Å². The average molecular weight is 194 g/mol. The molecule has 0 aliphatic carbocycles. The third-order valence-corrected chi connectivity index (χ3v) is 3.08. The van der Waals surface area contributed by atoms with Crippen molar-refractivity contribution < 1.29 is 0 Å². The van der Waals surface area contributed by atoms with E-state index in [0.29, 0.717) is 12.0 Å². The molecule has 1 unspecified atom stereocenters. The molecule has 0 radical (unpaired) electrons. The summed E-state index contributed by atoms with van der Waals surface area (Å²) in [5.74, 6) is 2.38. The Morgan fingerprint density at radius 1 is 1.43 bits per heavy atom. The summed E-state index contributed by atoms with van der Waals surface area (Å²) in [6.07, 6.45) is 1.84. The minimum Gasteiger partial charge on any atom is -0.316 e. The van der Waals surface area contributed by atoms with Gasteiger partial charge in [0.1, 0.15) is 12.2 Å². The van der Waals surface area contributed by atoms with Gasteiger partial charge in [0.05, 0.1) is 0 Å². The maximum atomic E-state index is 4.23. The van der Waals surface area contributed by atoms with Gasteiger partial charge in [-0.05, 0) is 32.9 Å². The molecule has 14 heavy (non-hydrogen) atoms. The summed E-state index contributed by atoms with van der Waals surface area (Å²) in [7, 11) is 0. The van der Waals surface area contributed by atoms with Gasteiger partial charge < -0.3 is 9.88 Å². The van der Waals surface area contributed by atoms with Crippen LogP contribution < -0.4 is 5.32 Å². The van der Waals surface area contributed by atoms with E-state index in [1.165, 1.54) is 0 Å². The fourth-order valence-corrected chi connectivity index (χ4v) is 1.85. The van der Waals surface area contributed by atoms with E-state index >= 15 is 0 Å². The first kappa shape index (κ1) is 9.65. The highest BCUT2D eigenvalue weighted by Crippen LogP contribution is 2.26. The Balaban J connectivity index is 2.17. The van der Waals surface area contributed by atoms with Gasteiger partial charge in [-0.3, -0.25) is 0 Å². The van der Waals surface area contributed by atoms with Gasteiger partial charge in [0.25, 0.3) is 0 Å². The van der Waals surface area contributed by atoms with Crippen LogP contribution in [0.3, 0.4) is 0 Å². The third-order valence-electron chi connectivity index (χ3n) is 3.08. The molecule has 0 saturated carbocycles. The summed E-state index contributed by atoms with van der Waals surface area (Å²) in [5.41, 5.74) is 0. The maximum absolute atomic E-state index is 4.23. The molecule has 0 spiro atoms. The van der Waals surface area contributed by atoms with Crippen LogP contribution in [0.5, 0.6) is 0 Å². The molecule has 1 saturated heterocycles. The lowest BCUT2D eigenvalue weighted by atomic mass is 9.88. The summed E-state index contributed by atoms with van der Waals surface area (Å²) in [5, 5.41) is 11.5. The topological polar surface area (TPSA) is 42.7 Å². The van der Waals surface area contributed by atoms with Crippen LogP contribution in [-0.4, -0.2) is 27.9 Å². The van der Waals surface area contributed by atoms with Crippen molar-refractivity contribution in [2.75, 3.05) is 13.1 Å². The Morgan fingerprint density at radius 3 is 2.64 bits per heavy atom. The lowest BCUT2D eigenvalue weighted by Gasteiger charge is -2.32. The van der Waals surface area contributed by atoms with Crippen LogP contribution >= 0.6 is 0 Å². The van der Waals surface area contributed by atoms with Crippen molar-refractivity contribution in [3.63, 3.8) is 0 Å². The molecule has 0 bridgehead atoms. The predicted molar refractivity (Wildman–Crippen MR) is 55.2 cm³/mol. The second-order valence-corrected chi connectivity index (χ2v) is 4.40. The quantitative estimate of drug-likeness (QED) is 0.785. The van der Waals surface area contributed by atoms with Crippen LogP contribution in [0.25, 0.3) is 0 Å². The summed E-state index contributed by atoms with van der Waals surface area (Å²) >= 11 is 0. The van der Waals surface area contributed by atoms with E-state index in [-0.39, 0.29) is 0 Å². The van der Waals surface area contributed by atoms with Gasteiger partial charge in [-0.15, -0.1) is 10.2 Å². The molecule has 1 N–H and O–H groups in total. The fraction of sp³-hybridized carbons (Fsp3) is 0.800. The van der Waals surface area contributed by atoms with Crippen LogP contribution in [0.1, 0.15) is 38.6 Å². The molecule has 1 aromatic rings. The number of nitrogens with zero attached hydrogens (tertiary/aromatic N) is 3. The molecule has 78 valence electrons. The van der Waals surface area contributed by atoms with Gasteiger partial charge >= 0.3 is 0 Å². The molecule has 1 aliphatic rings. The molecule has 0 amide bonds. The molecule has 4 heteroatoms. The number of nitrogens with one attached hydrogen (secondary N) is 1.